The lowest BCUT2D eigenvalue weighted by molar-refractivity contribution is 0.0473. The number of carbonyl (C=O) groups excluding carboxylic acids is 1. The Morgan fingerprint density at radius 1 is 1.14 bits per heavy atom. The van der Waals surface area contributed by atoms with Crippen molar-refractivity contribution in [3.8, 4) is 0 Å². The van der Waals surface area contributed by atoms with Crippen LogP contribution < -0.4 is 10.3 Å². The number of hydrogen-bond acceptors (Lipinski definition) is 6. The third-order valence-electron chi connectivity index (χ3n) is 3.89. The Hall–Kier alpha value is -2.49. The molecule has 1 N–H and O–H groups in total. The maximum absolute atomic E-state index is 12.3. The number of hydrogen-bond donors (Lipinski definition) is 1. The highest BCUT2D eigenvalue weighted by Crippen LogP contribution is 2.22. The fraction of sp³-hybridized carbons (Fsp3) is 0.158. The molecule has 0 fully saturated rings. The van der Waals surface area contributed by atoms with E-state index in [4.69, 9.17) is 9.15 Å². The zero-order valence-electron chi connectivity index (χ0n) is 14.8. The lowest BCUT2D eigenvalue weighted by atomic mass is 10.1. The van der Waals surface area contributed by atoms with Crippen LogP contribution in [0.4, 0.5) is 0 Å². The maximum atomic E-state index is 12.3. The number of nitrogens with one attached hydrogen (secondary N) is 1. The van der Waals surface area contributed by atoms with Gasteiger partial charge in [-0.1, -0.05) is 22.9 Å². The summed E-state index contributed by atoms with van der Waals surface area (Å²) in [5.41, 5.74) is 0.546. The molecule has 0 bridgehead atoms. The zero-order chi connectivity index (χ0) is 20.3. The Labute approximate surface area is 169 Å². The summed E-state index contributed by atoms with van der Waals surface area (Å²) in [7, 11) is -3.59. The highest BCUT2D eigenvalue weighted by molar-refractivity contribution is 9.10. The average molecular weight is 466 g/mol. The first-order chi connectivity index (χ1) is 13.3. The number of benzene rings is 2. The lowest BCUT2D eigenvalue weighted by Gasteiger charge is -2.08. The minimum absolute atomic E-state index is 0.0585. The summed E-state index contributed by atoms with van der Waals surface area (Å²) >= 11 is 3.31. The van der Waals surface area contributed by atoms with Crippen LogP contribution in [0.5, 0.6) is 0 Å². The van der Waals surface area contributed by atoms with Gasteiger partial charge in [-0.2, -0.15) is 0 Å². The predicted octanol–water partition coefficient (Wildman–Crippen LogP) is 3.21. The molecule has 146 valence electrons. The molecule has 0 saturated carbocycles. The molecule has 0 radical (unpaired) electrons. The van der Waals surface area contributed by atoms with Crippen LogP contribution in [0.15, 0.2) is 67.1 Å². The second kappa shape index (κ2) is 8.26. The van der Waals surface area contributed by atoms with Crippen molar-refractivity contribution in [2.75, 3.05) is 6.54 Å². The normalized spacial score (nSPS) is 11.5. The Morgan fingerprint density at radius 2 is 1.86 bits per heavy atom. The van der Waals surface area contributed by atoms with E-state index in [9.17, 15) is 18.0 Å². The summed E-state index contributed by atoms with van der Waals surface area (Å²) < 4.78 is 37.4. The molecule has 3 aromatic rings. The Balaban J connectivity index is 1.78. The van der Waals surface area contributed by atoms with Gasteiger partial charge in [0, 0.05) is 28.0 Å². The Bertz CT molecular complexity index is 1190. The van der Waals surface area contributed by atoms with Crippen molar-refractivity contribution in [1.29, 1.82) is 0 Å². The molecular weight excluding hydrogens is 450 g/mol. The molecule has 1 aromatic heterocycles. The van der Waals surface area contributed by atoms with Crippen LogP contribution in [0.2, 0.25) is 0 Å². The number of halogens is 1. The van der Waals surface area contributed by atoms with Gasteiger partial charge in [0.25, 0.3) is 0 Å². The molecule has 7 nitrogen and oxygen atoms in total. The molecule has 0 aliphatic carbocycles. The minimum atomic E-state index is -3.59. The number of ether oxygens (including phenoxy) is 1. The summed E-state index contributed by atoms with van der Waals surface area (Å²) in [5, 5.41) is 0.655. The number of rotatable bonds is 6. The van der Waals surface area contributed by atoms with Gasteiger partial charge in [0.1, 0.15) is 12.2 Å². The third kappa shape index (κ3) is 4.49. The number of sulfonamides is 1. The standard InChI is InChI=1S/C19H16BrNO6S/c1-2-21-28(24,25)15-6-3-12(4-7-15)19(23)26-11-13-9-18(22)27-17-10-14(20)5-8-16(13)17/h3-10,21H,2,11H2,1H3. The first-order valence-corrected chi connectivity index (χ1v) is 10.6. The first kappa shape index (κ1) is 20.2. The number of carbonyl (C=O) groups is 1. The number of esters is 1. The van der Waals surface area contributed by atoms with Crippen LogP contribution in [0.3, 0.4) is 0 Å². The topological polar surface area (TPSA) is 103 Å². The second-order valence-corrected chi connectivity index (χ2v) is 8.52. The Morgan fingerprint density at radius 3 is 2.54 bits per heavy atom. The second-order valence-electron chi connectivity index (χ2n) is 5.83. The first-order valence-electron chi connectivity index (χ1n) is 8.29. The van der Waals surface area contributed by atoms with E-state index in [0.29, 0.717) is 16.5 Å². The highest BCUT2D eigenvalue weighted by Gasteiger charge is 2.15. The molecule has 0 aliphatic heterocycles. The molecule has 0 unspecified atom stereocenters. The van der Waals surface area contributed by atoms with E-state index in [-0.39, 0.29) is 23.6 Å². The monoisotopic (exact) mass is 465 g/mol. The molecule has 9 heteroatoms. The Kier molecular flexibility index (Phi) is 5.97. The van der Waals surface area contributed by atoms with Crippen molar-refractivity contribution in [3.63, 3.8) is 0 Å². The van der Waals surface area contributed by atoms with Gasteiger partial charge in [0.15, 0.2) is 0 Å². The highest BCUT2D eigenvalue weighted by atomic mass is 79.9. The van der Waals surface area contributed by atoms with Crippen molar-refractivity contribution < 1.29 is 22.4 Å². The van der Waals surface area contributed by atoms with E-state index in [0.717, 1.165) is 4.47 Å². The van der Waals surface area contributed by atoms with E-state index in [1.54, 1.807) is 25.1 Å². The van der Waals surface area contributed by atoms with Crippen molar-refractivity contribution in [1.82, 2.24) is 4.72 Å². The van der Waals surface area contributed by atoms with Crippen molar-refractivity contribution in [2.24, 2.45) is 0 Å². The van der Waals surface area contributed by atoms with Crippen LogP contribution in [-0.4, -0.2) is 20.9 Å². The van der Waals surface area contributed by atoms with E-state index in [2.05, 4.69) is 20.7 Å². The van der Waals surface area contributed by atoms with Gasteiger partial charge in [0.2, 0.25) is 10.0 Å². The zero-order valence-corrected chi connectivity index (χ0v) is 17.2. The third-order valence-corrected chi connectivity index (χ3v) is 5.94. The van der Waals surface area contributed by atoms with Crippen LogP contribution in [0, 0.1) is 0 Å². The van der Waals surface area contributed by atoms with E-state index in [1.165, 1.54) is 30.3 Å². The summed E-state index contributed by atoms with van der Waals surface area (Å²) in [6.45, 7) is 1.82. The molecule has 28 heavy (non-hydrogen) atoms. The van der Waals surface area contributed by atoms with Gasteiger partial charge in [-0.25, -0.2) is 22.7 Å². The quantitative estimate of drug-likeness (QED) is 0.442. The largest absolute Gasteiger partial charge is 0.457 e. The molecule has 2 aromatic carbocycles. The smallest absolute Gasteiger partial charge is 0.338 e. The van der Waals surface area contributed by atoms with Gasteiger partial charge < -0.3 is 9.15 Å². The number of fused-ring (bicyclic) bond motifs is 1. The fourth-order valence-electron chi connectivity index (χ4n) is 2.59. The van der Waals surface area contributed by atoms with Crippen LogP contribution in [0.1, 0.15) is 22.8 Å². The van der Waals surface area contributed by atoms with E-state index >= 15 is 0 Å². The van der Waals surface area contributed by atoms with Crippen molar-refractivity contribution in [3.05, 3.63) is 74.6 Å². The van der Waals surface area contributed by atoms with E-state index < -0.39 is 21.6 Å². The fourth-order valence-corrected chi connectivity index (χ4v) is 3.97. The average Bonchev–Trinajstić information content (AvgIpc) is 2.65. The van der Waals surface area contributed by atoms with Crippen LogP contribution >= 0.6 is 15.9 Å². The summed E-state index contributed by atoms with van der Waals surface area (Å²) in [6, 6.07) is 11.9. The summed E-state index contributed by atoms with van der Waals surface area (Å²) in [6.07, 6.45) is 0. The van der Waals surface area contributed by atoms with Gasteiger partial charge in [-0.05, 0) is 42.5 Å². The van der Waals surface area contributed by atoms with Gasteiger partial charge in [-0.3, -0.25) is 0 Å². The molecule has 3 rings (SSSR count). The molecule has 0 atom stereocenters. The van der Waals surface area contributed by atoms with E-state index in [1.807, 2.05) is 0 Å². The van der Waals surface area contributed by atoms with Gasteiger partial charge in [-0.15, -0.1) is 0 Å². The molecule has 0 spiro atoms. The molecule has 1 heterocycles. The molecule has 0 amide bonds. The van der Waals surface area contributed by atoms with Gasteiger partial charge in [0.05, 0.1) is 10.5 Å². The lowest BCUT2D eigenvalue weighted by Crippen LogP contribution is -2.23. The summed E-state index contributed by atoms with van der Waals surface area (Å²) in [5.74, 6) is -0.633. The predicted molar refractivity (Wildman–Crippen MR) is 107 cm³/mol. The van der Waals surface area contributed by atoms with Crippen LogP contribution in [0.25, 0.3) is 11.0 Å². The SMILES string of the molecule is CCNS(=O)(=O)c1ccc(C(=O)OCc2cc(=O)oc3cc(Br)ccc23)cc1. The van der Waals surface area contributed by atoms with Gasteiger partial charge >= 0.3 is 11.6 Å². The molecule has 0 saturated heterocycles. The molecular formula is C19H16BrNO6S. The van der Waals surface area contributed by atoms with Crippen LogP contribution in [-0.2, 0) is 21.4 Å². The maximum Gasteiger partial charge on any atom is 0.338 e. The van der Waals surface area contributed by atoms with Crippen molar-refractivity contribution in [2.45, 2.75) is 18.4 Å². The van der Waals surface area contributed by atoms with Crippen molar-refractivity contribution >= 4 is 42.9 Å². The minimum Gasteiger partial charge on any atom is -0.457 e. The summed E-state index contributed by atoms with van der Waals surface area (Å²) in [4.78, 5) is 24.1. The molecule has 0 aliphatic rings.